The summed E-state index contributed by atoms with van der Waals surface area (Å²) < 4.78 is 6.60. The average molecular weight is 279 g/mol. The quantitative estimate of drug-likeness (QED) is 0.800. The lowest BCUT2D eigenvalue weighted by Gasteiger charge is -2.07. The first-order valence-corrected chi connectivity index (χ1v) is 6.03. The fraction of sp³-hybridized carbons (Fsp3) is 0.231. The number of hydrogen-bond acceptors (Lipinski definition) is 2. The maximum atomic E-state index is 9.99. The van der Waals surface area contributed by atoms with Crippen LogP contribution in [0.4, 0.5) is 0 Å². The highest BCUT2D eigenvalue weighted by atomic mass is 79.9. The summed E-state index contributed by atoms with van der Waals surface area (Å²) in [6.07, 6.45) is -0.709. The molecule has 0 saturated heterocycles. The van der Waals surface area contributed by atoms with Gasteiger partial charge in [-0.15, -0.1) is 0 Å². The summed E-state index contributed by atoms with van der Waals surface area (Å²) in [4.78, 5) is 0. The molecule has 3 heteroatoms. The minimum absolute atomic E-state index is 0.178. The maximum absolute atomic E-state index is 9.99. The second-order valence-electron chi connectivity index (χ2n) is 4.10. The summed E-state index contributed by atoms with van der Waals surface area (Å²) >= 11 is 3.55. The molecule has 1 N–H and O–H groups in total. The highest BCUT2D eigenvalue weighted by Crippen LogP contribution is 2.45. The first kappa shape index (κ1) is 10.1. The Kier molecular flexibility index (Phi) is 2.19. The Bertz CT molecular complexity index is 565. The zero-order valence-corrected chi connectivity index (χ0v) is 10.4. The van der Waals surface area contributed by atoms with E-state index in [1.807, 2.05) is 37.3 Å². The minimum Gasteiger partial charge on any atom is -0.486 e. The van der Waals surface area contributed by atoms with Gasteiger partial charge in [-0.2, -0.15) is 0 Å². The zero-order valence-electron chi connectivity index (χ0n) is 8.77. The molecule has 1 heterocycles. The van der Waals surface area contributed by atoms with Gasteiger partial charge in [-0.1, -0.05) is 24.3 Å². The van der Waals surface area contributed by atoms with E-state index in [9.17, 15) is 5.11 Å². The van der Waals surface area contributed by atoms with Crippen molar-refractivity contribution in [3.05, 3.63) is 40.4 Å². The molecule has 2 atom stereocenters. The van der Waals surface area contributed by atoms with Crippen LogP contribution in [0.2, 0.25) is 0 Å². The standard InChI is InChI=1S/C13H11BrO2/c1-7-12(15)10-6-8-4-2-3-5-9(8)11(14)13(10)16-7/h2-7,12,15H,1H3. The lowest BCUT2D eigenvalue weighted by atomic mass is 10.0. The van der Waals surface area contributed by atoms with Crippen molar-refractivity contribution >= 4 is 26.7 Å². The second kappa shape index (κ2) is 3.47. The lowest BCUT2D eigenvalue weighted by Crippen LogP contribution is -2.12. The molecule has 0 saturated carbocycles. The summed E-state index contributed by atoms with van der Waals surface area (Å²) in [6.45, 7) is 1.88. The van der Waals surface area contributed by atoms with Gasteiger partial charge in [0, 0.05) is 5.56 Å². The molecule has 2 nitrogen and oxygen atoms in total. The molecule has 82 valence electrons. The monoisotopic (exact) mass is 278 g/mol. The number of ether oxygens (including phenoxy) is 1. The molecule has 0 amide bonds. The third kappa shape index (κ3) is 1.28. The van der Waals surface area contributed by atoms with Crippen LogP contribution < -0.4 is 4.74 Å². The van der Waals surface area contributed by atoms with Crippen LogP contribution in [0.1, 0.15) is 18.6 Å². The molecule has 0 fully saturated rings. The van der Waals surface area contributed by atoms with Gasteiger partial charge in [0.2, 0.25) is 0 Å². The van der Waals surface area contributed by atoms with Gasteiger partial charge in [0.15, 0.2) is 0 Å². The Morgan fingerprint density at radius 2 is 2.06 bits per heavy atom. The van der Waals surface area contributed by atoms with Crippen LogP contribution >= 0.6 is 15.9 Å². The van der Waals surface area contributed by atoms with E-state index in [0.29, 0.717) is 0 Å². The Balaban J connectivity index is 2.36. The van der Waals surface area contributed by atoms with Crippen LogP contribution in [0.25, 0.3) is 10.8 Å². The van der Waals surface area contributed by atoms with E-state index in [-0.39, 0.29) is 6.10 Å². The fourth-order valence-corrected chi connectivity index (χ4v) is 2.83. The Hall–Kier alpha value is -1.06. The molecule has 0 radical (unpaired) electrons. The van der Waals surface area contributed by atoms with Gasteiger partial charge in [-0.05, 0) is 39.7 Å². The topological polar surface area (TPSA) is 29.5 Å². The summed E-state index contributed by atoms with van der Waals surface area (Å²) in [5.41, 5.74) is 0.873. The lowest BCUT2D eigenvalue weighted by molar-refractivity contribution is 0.0794. The predicted octanol–water partition coefficient (Wildman–Crippen LogP) is 3.42. The molecule has 1 aliphatic rings. The van der Waals surface area contributed by atoms with E-state index < -0.39 is 6.10 Å². The average Bonchev–Trinajstić information content (AvgIpc) is 2.58. The molecular formula is C13H11BrO2. The second-order valence-corrected chi connectivity index (χ2v) is 4.89. The van der Waals surface area contributed by atoms with Gasteiger partial charge in [-0.3, -0.25) is 0 Å². The smallest absolute Gasteiger partial charge is 0.140 e. The number of halogens is 1. The molecule has 1 aliphatic heterocycles. The van der Waals surface area contributed by atoms with Crippen molar-refractivity contribution in [3.63, 3.8) is 0 Å². The number of aliphatic hydroxyl groups excluding tert-OH is 1. The third-order valence-corrected chi connectivity index (χ3v) is 3.82. The number of aliphatic hydroxyl groups is 1. The zero-order chi connectivity index (χ0) is 11.3. The van der Waals surface area contributed by atoms with Gasteiger partial charge >= 0.3 is 0 Å². The van der Waals surface area contributed by atoms with Crippen LogP contribution in [-0.4, -0.2) is 11.2 Å². The van der Waals surface area contributed by atoms with Gasteiger partial charge in [-0.25, -0.2) is 0 Å². The largest absolute Gasteiger partial charge is 0.486 e. The van der Waals surface area contributed by atoms with E-state index in [1.165, 1.54) is 0 Å². The van der Waals surface area contributed by atoms with Gasteiger partial charge in [0.05, 0.1) is 4.47 Å². The van der Waals surface area contributed by atoms with Crippen LogP contribution in [0.3, 0.4) is 0 Å². The van der Waals surface area contributed by atoms with Crippen molar-refractivity contribution in [3.8, 4) is 5.75 Å². The minimum atomic E-state index is -0.532. The van der Waals surface area contributed by atoms with Crippen LogP contribution in [0.15, 0.2) is 34.8 Å². The number of rotatable bonds is 0. The fourth-order valence-electron chi connectivity index (χ4n) is 2.15. The van der Waals surface area contributed by atoms with E-state index in [0.717, 1.165) is 26.6 Å². The molecule has 16 heavy (non-hydrogen) atoms. The molecule has 0 bridgehead atoms. The van der Waals surface area contributed by atoms with Crippen molar-refractivity contribution in [2.45, 2.75) is 19.1 Å². The van der Waals surface area contributed by atoms with Crippen LogP contribution in [0, 0.1) is 0 Å². The number of benzene rings is 2. The summed E-state index contributed by atoms with van der Waals surface area (Å²) in [5.74, 6) is 0.777. The van der Waals surface area contributed by atoms with Crippen molar-refractivity contribution in [1.29, 1.82) is 0 Å². The van der Waals surface area contributed by atoms with Crippen molar-refractivity contribution in [2.75, 3.05) is 0 Å². The highest BCUT2D eigenvalue weighted by Gasteiger charge is 2.31. The first-order chi connectivity index (χ1) is 7.68. The van der Waals surface area contributed by atoms with Crippen molar-refractivity contribution in [1.82, 2.24) is 0 Å². The van der Waals surface area contributed by atoms with Gasteiger partial charge in [0.25, 0.3) is 0 Å². The summed E-state index contributed by atoms with van der Waals surface area (Å²) in [6, 6.07) is 10.1. The van der Waals surface area contributed by atoms with E-state index >= 15 is 0 Å². The van der Waals surface area contributed by atoms with Crippen LogP contribution in [-0.2, 0) is 0 Å². The summed E-state index contributed by atoms with van der Waals surface area (Å²) in [5, 5.41) is 12.2. The molecule has 0 aromatic heterocycles. The molecule has 3 rings (SSSR count). The summed E-state index contributed by atoms with van der Waals surface area (Å²) in [7, 11) is 0. The van der Waals surface area contributed by atoms with E-state index in [1.54, 1.807) is 0 Å². The number of hydrogen-bond donors (Lipinski definition) is 1. The predicted molar refractivity (Wildman–Crippen MR) is 66.7 cm³/mol. The first-order valence-electron chi connectivity index (χ1n) is 5.24. The molecule has 0 spiro atoms. The normalized spacial score (nSPS) is 23.2. The molecule has 2 unspecified atom stereocenters. The van der Waals surface area contributed by atoms with Crippen LogP contribution in [0.5, 0.6) is 5.75 Å². The number of fused-ring (bicyclic) bond motifs is 2. The maximum Gasteiger partial charge on any atom is 0.140 e. The molecule has 0 aliphatic carbocycles. The molecular weight excluding hydrogens is 268 g/mol. The van der Waals surface area contributed by atoms with Gasteiger partial charge < -0.3 is 9.84 Å². The Morgan fingerprint density at radius 3 is 2.88 bits per heavy atom. The van der Waals surface area contributed by atoms with E-state index in [2.05, 4.69) is 15.9 Å². The van der Waals surface area contributed by atoms with E-state index in [4.69, 9.17) is 4.74 Å². The molecule has 2 aromatic rings. The Labute approximate surface area is 102 Å². The van der Waals surface area contributed by atoms with Gasteiger partial charge in [0.1, 0.15) is 18.0 Å². The third-order valence-electron chi connectivity index (χ3n) is 3.04. The Morgan fingerprint density at radius 1 is 1.31 bits per heavy atom. The SMILES string of the molecule is CC1Oc2c(cc3ccccc3c2Br)C1O. The highest BCUT2D eigenvalue weighted by molar-refractivity contribution is 9.10. The molecule has 2 aromatic carbocycles. The van der Waals surface area contributed by atoms with Crippen molar-refractivity contribution in [2.24, 2.45) is 0 Å². The van der Waals surface area contributed by atoms with Crippen molar-refractivity contribution < 1.29 is 9.84 Å².